The molecule has 0 saturated carbocycles. The molecule has 5 aromatic carbocycles. The lowest BCUT2D eigenvalue weighted by atomic mass is 10.0. The first-order chi connectivity index (χ1) is 27.8. The van der Waals surface area contributed by atoms with Crippen molar-refractivity contribution < 1.29 is 63.8 Å². The highest BCUT2D eigenvalue weighted by Crippen LogP contribution is 2.42. The van der Waals surface area contributed by atoms with Crippen LogP contribution in [0.25, 0.3) is 21.5 Å². The van der Waals surface area contributed by atoms with Crippen molar-refractivity contribution >= 4 is 97.8 Å². The Balaban J connectivity index is 1.36. The Kier molecular flexibility index (Phi) is 14.2. The number of rotatable bonds is 18. The number of fused-ring (bicyclic) bond motifs is 2. The largest absolute Gasteiger partial charge is 0.506 e. The van der Waals surface area contributed by atoms with Crippen molar-refractivity contribution in [3.8, 4) is 17.2 Å². The van der Waals surface area contributed by atoms with E-state index in [1.165, 1.54) is 42.5 Å². The SMILES string of the molecule is O=C(CCCS(=O)(=O)CCCl)Nc1cc(S(=O)(=O)O)cc2ccc(N=Nc3ccc4c(O)c(N=Nc5cc(CO)c(CCCOS(=O)(=O)O)cc5O)ccc4c3)c(O)c12. The monoisotopic (exact) mass is 893 g/mol. The van der Waals surface area contributed by atoms with Crippen LogP contribution in [0.4, 0.5) is 28.4 Å². The van der Waals surface area contributed by atoms with E-state index in [1.54, 1.807) is 12.1 Å². The van der Waals surface area contributed by atoms with Gasteiger partial charge < -0.3 is 25.7 Å². The molecule has 23 heteroatoms. The van der Waals surface area contributed by atoms with Crippen molar-refractivity contribution in [2.45, 2.75) is 37.2 Å². The number of aliphatic hydroxyl groups is 1. The molecule has 5 rings (SSSR count). The second kappa shape index (κ2) is 18.7. The Morgan fingerprint density at radius 1 is 0.729 bits per heavy atom. The molecule has 0 atom stereocenters. The fraction of sp³-hybridized carbons (Fsp3) is 0.250. The van der Waals surface area contributed by atoms with Gasteiger partial charge in [0, 0.05) is 23.1 Å². The standard InChI is InChI=1S/C36H36ClN5O14S3/c37-11-14-57(48,49)13-2-4-33(45)38-31-19-26(58(50,51)52)16-23-6-10-29(36(47)34(23)31)40-39-25-7-8-27-22(15-25)5-9-28(35(27)46)41-42-30-17-24(20-43)21(18-32(30)44)3-1-12-56-59(53,54)55/h5-10,15-19,43-44,46-47H,1-4,11-14,20H2,(H,38,45)(H,50,51,52)(H,53,54,55). The number of amides is 1. The first-order valence-electron chi connectivity index (χ1n) is 17.3. The summed E-state index contributed by atoms with van der Waals surface area (Å²) in [7, 11) is -12.8. The molecule has 5 aromatic rings. The molecule has 0 aromatic heterocycles. The van der Waals surface area contributed by atoms with E-state index in [9.17, 15) is 55.0 Å². The van der Waals surface area contributed by atoms with Gasteiger partial charge in [-0.25, -0.2) is 12.6 Å². The number of aliphatic hydroxyl groups excluding tert-OH is 1. The van der Waals surface area contributed by atoms with Gasteiger partial charge in [-0.05, 0) is 95.8 Å². The molecule has 0 spiro atoms. The van der Waals surface area contributed by atoms with Crippen molar-refractivity contribution in [2.24, 2.45) is 20.5 Å². The number of benzene rings is 5. The predicted octanol–water partition coefficient (Wildman–Crippen LogP) is 6.80. The number of halogens is 1. The fourth-order valence-corrected chi connectivity index (χ4v) is 8.42. The minimum atomic E-state index is -4.75. The van der Waals surface area contributed by atoms with Gasteiger partial charge in [0.25, 0.3) is 10.1 Å². The second-order valence-electron chi connectivity index (χ2n) is 12.8. The van der Waals surface area contributed by atoms with Crippen LogP contribution in [0.5, 0.6) is 17.2 Å². The van der Waals surface area contributed by atoms with Crippen LogP contribution in [0, 0.1) is 0 Å². The van der Waals surface area contributed by atoms with Crippen LogP contribution >= 0.6 is 11.6 Å². The number of aryl methyl sites for hydroxylation is 1. The average molecular weight is 894 g/mol. The van der Waals surface area contributed by atoms with E-state index < -0.39 is 53.5 Å². The van der Waals surface area contributed by atoms with Crippen LogP contribution in [-0.4, -0.2) is 84.7 Å². The number of azo groups is 2. The maximum Gasteiger partial charge on any atom is 0.397 e. The number of hydrogen-bond acceptors (Lipinski definition) is 16. The number of nitrogens with one attached hydrogen (secondary N) is 1. The lowest BCUT2D eigenvalue weighted by molar-refractivity contribution is -0.116. The molecule has 314 valence electrons. The molecule has 0 fully saturated rings. The summed E-state index contributed by atoms with van der Waals surface area (Å²) >= 11 is 5.51. The predicted molar refractivity (Wildman–Crippen MR) is 216 cm³/mol. The zero-order valence-corrected chi connectivity index (χ0v) is 33.8. The second-order valence-corrected chi connectivity index (χ2v) is 18.0. The van der Waals surface area contributed by atoms with Crippen LogP contribution < -0.4 is 5.32 Å². The third-order valence-corrected chi connectivity index (χ3v) is 12.1. The van der Waals surface area contributed by atoms with Gasteiger partial charge in [-0.3, -0.25) is 13.9 Å². The lowest BCUT2D eigenvalue weighted by Gasteiger charge is -2.13. The van der Waals surface area contributed by atoms with Crippen LogP contribution in [0.2, 0.25) is 0 Å². The minimum absolute atomic E-state index is 0.0285. The number of carbonyl (C=O) groups excluding carboxylic acids is 1. The Bertz CT molecular complexity index is 2820. The maximum absolute atomic E-state index is 12.8. The molecule has 0 saturated heterocycles. The van der Waals surface area contributed by atoms with Crippen LogP contribution in [0.1, 0.15) is 30.4 Å². The van der Waals surface area contributed by atoms with Crippen molar-refractivity contribution in [3.63, 3.8) is 0 Å². The van der Waals surface area contributed by atoms with Gasteiger partial charge in [-0.1, -0.05) is 12.1 Å². The summed E-state index contributed by atoms with van der Waals surface area (Å²) in [6.45, 7) is -0.764. The van der Waals surface area contributed by atoms with Gasteiger partial charge in [0.2, 0.25) is 5.91 Å². The van der Waals surface area contributed by atoms with E-state index in [1.807, 2.05) is 0 Å². The van der Waals surface area contributed by atoms with Gasteiger partial charge in [-0.2, -0.15) is 21.9 Å². The van der Waals surface area contributed by atoms with Gasteiger partial charge in [0.15, 0.2) is 21.3 Å². The Morgan fingerprint density at radius 3 is 2.08 bits per heavy atom. The summed E-state index contributed by atoms with van der Waals surface area (Å²) in [5, 5.41) is 62.3. The average Bonchev–Trinajstić information content (AvgIpc) is 3.15. The Hall–Kier alpha value is -5.33. The van der Waals surface area contributed by atoms with E-state index in [4.69, 9.17) is 16.2 Å². The molecule has 0 aliphatic carbocycles. The molecular weight excluding hydrogens is 858 g/mol. The van der Waals surface area contributed by atoms with Crippen molar-refractivity contribution in [2.75, 3.05) is 29.3 Å². The molecule has 7 N–H and O–H groups in total. The Morgan fingerprint density at radius 2 is 1.41 bits per heavy atom. The number of aromatic hydroxyl groups is 3. The van der Waals surface area contributed by atoms with E-state index >= 15 is 0 Å². The summed E-state index contributed by atoms with van der Waals surface area (Å²) in [6.07, 6.45) is 0.0175. The number of sulfone groups is 1. The number of hydrogen-bond donors (Lipinski definition) is 7. The molecule has 59 heavy (non-hydrogen) atoms. The topological polar surface area (TPSA) is 312 Å². The van der Waals surface area contributed by atoms with Gasteiger partial charge in [0.1, 0.15) is 22.8 Å². The third-order valence-electron chi connectivity index (χ3n) is 8.64. The molecule has 0 aliphatic heterocycles. The summed E-state index contributed by atoms with van der Waals surface area (Å²) in [6, 6.07) is 15.0. The zero-order valence-electron chi connectivity index (χ0n) is 30.6. The Labute approximate surface area is 342 Å². The molecular formula is C36H36ClN5O14S3. The highest BCUT2D eigenvalue weighted by Gasteiger charge is 2.20. The zero-order chi connectivity index (χ0) is 43.1. The molecule has 0 unspecified atom stereocenters. The van der Waals surface area contributed by atoms with Gasteiger partial charge in [0.05, 0.1) is 41.0 Å². The summed E-state index contributed by atoms with van der Waals surface area (Å²) < 4.78 is 92.1. The summed E-state index contributed by atoms with van der Waals surface area (Å²) in [5.74, 6) is -2.44. The number of phenols is 3. The normalized spacial score (nSPS) is 12.6. The van der Waals surface area contributed by atoms with Crippen molar-refractivity contribution in [1.82, 2.24) is 0 Å². The highest BCUT2D eigenvalue weighted by atomic mass is 35.5. The van der Waals surface area contributed by atoms with E-state index in [0.29, 0.717) is 21.9 Å². The molecule has 0 bridgehead atoms. The number of nitrogens with zero attached hydrogens (tertiary/aromatic N) is 4. The van der Waals surface area contributed by atoms with Crippen molar-refractivity contribution in [1.29, 1.82) is 0 Å². The summed E-state index contributed by atoms with van der Waals surface area (Å²) in [4.78, 5) is 12.2. The number of anilines is 1. The van der Waals surface area contributed by atoms with Crippen LogP contribution in [0.3, 0.4) is 0 Å². The number of alkyl halides is 1. The molecule has 19 nitrogen and oxygen atoms in total. The maximum atomic E-state index is 12.8. The fourth-order valence-electron chi connectivity index (χ4n) is 5.82. The van der Waals surface area contributed by atoms with E-state index in [2.05, 4.69) is 30.0 Å². The van der Waals surface area contributed by atoms with E-state index in [-0.39, 0.29) is 100 Å². The molecule has 1 amide bonds. The first kappa shape index (κ1) is 44.8. The molecule has 0 radical (unpaired) electrons. The van der Waals surface area contributed by atoms with Crippen LogP contribution in [-0.2, 0) is 52.4 Å². The van der Waals surface area contributed by atoms with Gasteiger partial charge >= 0.3 is 10.4 Å². The first-order valence-corrected chi connectivity index (χ1v) is 22.4. The number of carbonyl (C=O) groups is 1. The van der Waals surface area contributed by atoms with E-state index in [0.717, 1.165) is 12.1 Å². The third kappa shape index (κ3) is 11.9. The van der Waals surface area contributed by atoms with Crippen molar-refractivity contribution in [3.05, 3.63) is 77.9 Å². The highest BCUT2D eigenvalue weighted by molar-refractivity contribution is 7.91. The minimum Gasteiger partial charge on any atom is -0.506 e. The summed E-state index contributed by atoms with van der Waals surface area (Å²) in [5.41, 5.74) is 0.827. The molecule has 0 aliphatic rings. The smallest absolute Gasteiger partial charge is 0.397 e. The quantitative estimate of drug-likeness (QED) is 0.0206. The number of phenolic OH excluding ortho intramolecular Hbond substituents is 3. The van der Waals surface area contributed by atoms with Crippen LogP contribution in [0.15, 0.2) is 92.1 Å². The molecule has 0 heterocycles. The lowest BCUT2D eigenvalue weighted by Crippen LogP contribution is -2.16. The van der Waals surface area contributed by atoms with Gasteiger partial charge in [-0.15, -0.1) is 26.9 Å².